The van der Waals surface area contributed by atoms with Crippen LogP contribution in [0.3, 0.4) is 0 Å². The summed E-state index contributed by atoms with van der Waals surface area (Å²) in [7, 11) is 1.95. The molecule has 0 saturated carbocycles. The Kier molecular flexibility index (Phi) is 3.07. The second-order valence-electron chi connectivity index (χ2n) is 4.22. The quantitative estimate of drug-likeness (QED) is 0.745. The summed E-state index contributed by atoms with van der Waals surface area (Å²) in [6.07, 6.45) is 1.97. The van der Waals surface area contributed by atoms with E-state index in [0.29, 0.717) is 10.6 Å². The van der Waals surface area contributed by atoms with Gasteiger partial charge in [0.25, 0.3) is 0 Å². The lowest BCUT2D eigenvalue weighted by Crippen LogP contribution is -2.04. The van der Waals surface area contributed by atoms with Gasteiger partial charge in [0.1, 0.15) is 0 Å². The van der Waals surface area contributed by atoms with Gasteiger partial charge in [-0.15, -0.1) is 0 Å². The van der Waals surface area contributed by atoms with E-state index in [2.05, 4.69) is 0 Å². The van der Waals surface area contributed by atoms with Gasteiger partial charge in [-0.05, 0) is 43.7 Å². The van der Waals surface area contributed by atoms with Crippen LogP contribution in [0.5, 0.6) is 0 Å². The maximum atomic E-state index is 12.4. The first-order valence-electron chi connectivity index (χ1n) is 5.43. The zero-order chi connectivity index (χ0) is 12.6. The number of hydrogen-bond donors (Lipinski definition) is 0. The summed E-state index contributed by atoms with van der Waals surface area (Å²) in [5, 5.41) is 0.642. The summed E-state index contributed by atoms with van der Waals surface area (Å²) in [6, 6.07) is 7.00. The van der Waals surface area contributed by atoms with Crippen LogP contribution >= 0.6 is 11.6 Å². The van der Waals surface area contributed by atoms with Crippen LogP contribution in [0.2, 0.25) is 5.02 Å². The van der Waals surface area contributed by atoms with E-state index in [1.165, 1.54) is 0 Å². The predicted molar refractivity (Wildman–Crippen MR) is 69.8 cm³/mol. The highest BCUT2D eigenvalue weighted by Gasteiger charge is 2.17. The molecule has 0 spiro atoms. The van der Waals surface area contributed by atoms with E-state index < -0.39 is 0 Å². The van der Waals surface area contributed by atoms with Crippen molar-refractivity contribution in [2.45, 2.75) is 13.8 Å². The number of halogens is 1. The minimum atomic E-state index is 0.0530. The number of rotatable bonds is 2. The molecule has 0 saturated heterocycles. The lowest BCUT2D eigenvalue weighted by molar-refractivity contribution is 0.103. The molecule has 0 aliphatic heterocycles. The summed E-state index contributed by atoms with van der Waals surface area (Å²) in [4.78, 5) is 12.4. The van der Waals surface area contributed by atoms with Crippen molar-refractivity contribution < 1.29 is 4.79 Å². The van der Waals surface area contributed by atoms with Crippen molar-refractivity contribution in [3.8, 4) is 0 Å². The number of ketones is 1. The Morgan fingerprint density at radius 3 is 2.24 bits per heavy atom. The Labute approximate surface area is 106 Å². The fourth-order valence-corrected chi connectivity index (χ4v) is 2.13. The Balaban J connectivity index is 2.47. The van der Waals surface area contributed by atoms with Crippen LogP contribution in [0.4, 0.5) is 0 Å². The summed E-state index contributed by atoms with van der Waals surface area (Å²) in [6.45, 7) is 3.91. The predicted octanol–water partition coefficient (Wildman–Crippen LogP) is 3.53. The third-order valence-corrected chi connectivity index (χ3v) is 3.26. The molecule has 0 fully saturated rings. The third kappa shape index (κ3) is 2.13. The molecule has 1 aromatic carbocycles. The minimum Gasteiger partial charge on any atom is -0.354 e. The lowest BCUT2D eigenvalue weighted by atomic mass is 10.0. The molecule has 0 N–H and O–H groups in total. The smallest absolute Gasteiger partial charge is 0.195 e. The van der Waals surface area contributed by atoms with E-state index in [9.17, 15) is 4.79 Å². The molecule has 0 bridgehead atoms. The maximum Gasteiger partial charge on any atom is 0.195 e. The fourth-order valence-electron chi connectivity index (χ4n) is 2.00. The molecule has 0 atom stereocenters. The molecule has 88 valence electrons. The van der Waals surface area contributed by atoms with Gasteiger partial charge in [-0.2, -0.15) is 0 Å². The van der Waals surface area contributed by atoms with E-state index in [0.717, 1.165) is 16.8 Å². The van der Waals surface area contributed by atoms with E-state index >= 15 is 0 Å². The second-order valence-corrected chi connectivity index (χ2v) is 4.66. The van der Waals surface area contributed by atoms with Gasteiger partial charge in [-0.3, -0.25) is 4.79 Å². The summed E-state index contributed by atoms with van der Waals surface area (Å²) < 4.78 is 1.97. The first kappa shape index (κ1) is 11.9. The monoisotopic (exact) mass is 247 g/mol. The van der Waals surface area contributed by atoms with Crippen LogP contribution in [-0.4, -0.2) is 10.4 Å². The van der Waals surface area contributed by atoms with Crippen molar-refractivity contribution in [1.29, 1.82) is 0 Å². The van der Waals surface area contributed by atoms with E-state index in [-0.39, 0.29) is 5.78 Å². The van der Waals surface area contributed by atoms with Crippen LogP contribution in [-0.2, 0) is 7.05 Å². The molecule has 3 heteroatoms. The number of nitrogens with zero attached hydrogens (tertiary/aromatic N) is 1. The van der Waals surface area contributed by atoms with Crippen LogP contribution in [0, 0.1) is 13.8 Å². The highest BCUT2D eigenvalue weighted by Crippen LogP contribution is 2.20. The molecular weight excluding hydrogens is 234 g/mol. The normalized spacial score (nSPS) is 10.6. The average Bonchev–Trinajstić information content (AvgIpc) is 2.53. The Morgan fingerprint density at radius 2 is 1.76 bits per heavy atom. The highest BCUT2D eigenvalue weighted by molar-refractivity contribution is 6.30. The molecule has 17 heavy (non-hydrogen) atoms. The van der Waals surface area contributed by atoms with Crippen LogP contribution in [0.25, 0.3) is 0 Å². The molecule has 0 unspecified atom stereocenters. The fraction of sp³-hybridized carbons (Fsp3) is 0.214. The van der Waals surface area contributed by atoms with E-state index in [1.54, 1.807) is 24.3 Å². The van der Waals surface area contributed by atoms with Gasteiger partial charge in [-0.25, -0.2) is 0 Å². The van der Waals surface area contributed by atoms with Gasteiger partial charge < -0.3 is 4.57 Å². The molecule has 0 amide bonds. The zero-order valence-corrected chi connectivity index (χ0v) is 10.9. The van der Waals surface area contributed by atoms with Gasteiger partial charge in [0.15, 0.2) is 5.78 Å². The molecule has 1 heterocycles. The van der Waals surface area contributed by atoms with Crippen molar-refractivity contribution in [2.75, 3.05) is 0 Å². The van der Waals surface area contributed by atoms with E-state index in [1.807, 2.05) is 31.7 Å². The minimum absolute atomic E-state index is 0.0530. The van der Waals surface area contributed by atoms with Crippen molar-refractivity contribution in [3.05, 3.63) is 57.9 Å². The van der Waals surface area contributed by atoms with Gasteiger partial charge in [0.05, 0.1) is 0 Å². The maximum absolute atomic E-state index is 12.4. The molecule has 1 aromatic heterocycles. The standard InChI is InChI=1S/C14H14ClNO/c1-9-8-16(3)10(2)13(9)14(17)11-4-6-12(15)7-5-11/h4-8H,1-3H3. The Bertz CT molecular complexity index is 567. The van der Waals surface area contributed by atoms with Crippen molar-refractivity contribution in [3.63, 3.8) is 0 Å². The largest absolute Gasteiger partial charge is 0.354 e. The Hall–Kier alpha value is -1.54. The van der Waals surface area contributed by atoms with E-state index in [4.69, 9.17) is 11.6 Å². The summed E-state index contributed by atoms with van der Waals surface area (Å²) >= 11 is 5.81. The van der Waals surface area contributed by atoms with Gasteiger partial charge in [0, 0.05) is 35.1 Å². The Morgan fingerprint density at radius 1 is 1.18 bits per heavy atom. The lowest BCUT2D eigenvalue weighted by Gasteiger charge is -2.03. The van der Waals surface area contributed by atoms with Crippen molar-refractivity contribution in [2.24, 2.45) is 7.05 Å². The highest BCUT2D eigenvalue weighted by atomic mass is 35.5. The molecule has 0 aliphatic carbocycles. The molecule has 2 nitrogen and oxygen atoms in total. The van der Waals surface area contributed by atoms with Crippen LogP contribution < -0.4 is 0 Å². The average molecular weight is 248 g/mol. The molecule has 0 aliphatic rings. The molecule has 2 rings (SSSR count). The summed E-state index contributed by atoms with van der Waals surface area (Å²) in [5.41, 5.74) is 3.45. The number of aryl methyl sites for hydroxylation is 2. The molecule has 0 radical (unpaired) electrons. The summed E-state index contributed by atoms with van der Waals surface area (Å²) in [5.74, 6) is 0.0530. The van der Waals surface area contributed by atoms with Gasteiger partial charge in [0.2, 0.25) is 0 Å². The number of aromatic nitrogens is 1. The third-order valence-electron chi connectivity index (χ3n) is 3.01. The first-order chi connectivity index (χ1) is 8.00. The SMILES string of the molecule is Cc1cn(C)c(C)c1C(=O)c1ccc(Cl)cc1. The number of carbonyl (C=O) groups is 1. The number of hydrogen-bond acceptors (Lipinski definition) is 1. The van der Waals surface area contributed by atoms with Crippen LogP contribution in [0.15, 0.2) is 30.5 Å². The van der Waals surface area contributed by atoms with Crippen molar-refractivity contribution >= 4 is 17.4 Å². The van der Waals surface area contributed by atoms with Crippen LogP contribution in [0.1, 0.15) is 27.2 Å². The topological polar surface area (TPSA) is 22.0 Å². The molecular formula is C14H14ClNO. The molecule has 2 aromatic rings. The first-order valence-corrected chi connectivity index (χ1v) is 5.81. The second kappa shape index (κ2) is 4.38. The van der Waals surface area contributed by atoms with Gasteiger partial charge in [-0.1, -0.05) is 11.6 Å². The number of benzene rings is 1. The van der Waals surface area contributed by atoms with Crippen molar-refractivity contribution in [1.82, 2.24) is 4.57 Å². The van der Waals surface area contributed by atoms with Gasteiger partial charge >= 0.3 is 0 Å². The number of carbonyl (C=O) groups excluding carboxylic acids is 1. The zero-order valence-electron chi connectivity index (χ0n) is 10.1.